The van der Waals surface area contributed by atoms with E-state index in [2.05, 4.69) is 9.47 Å². The van der Waals surface area contributed by atoms with E-state index in [9.17, 15) is 31.9 Å². The van der Waals surface area contributed by atoms with Crippen LogP contribution in [0, 0.1) is 0 Å². The fourth-order valence-electron chi connectivity index (χ4n) is 2.26. The van der Waals surface area contributed by atoms with Crippen molar-refractivity contribution in [1.29, 1.82) is 0 Å². The van der Waals surface area contributed by atoms with Gasteiger partial charge in [0.25, 0.3) is 0 Å². The molecule has 0 radical (unpaired) electrons. The molecular weight excluding hydrogens is 353 g/mol. The Balaban J connectivity index is 3.16. The van der Waals surface area contributed by atoms with E-state index in [1.807, 2.05) is 0 Å². The number of alkyl halides is 5. The molecule has 0 fully saturated rings. The van der Waals surface area contributed by atoms with Gasteiger partial charge in [-0.1, -0.05) is 12.1 Å². The highest BCUT2D eigenvalue weighted by molar-refractivity contribution is 5.67. The van der Waals surface area contributed by atoms with Gasteiger partial charge in [-0.2, -0.15) is 8.78 Å². The fourth-order valence-corrected chi connectivity index (χ4v) is 2.26. The largest absolute Gasteiger partial charge is 0.573 e. The minimum absolute atomic E-state index is 0.187. The van der Waals surface area contributed by atoms with Crippen LogP contribution in [0.15, 0.2) is 24.3 Å². The number of rotatable bonds is 6. The van der Waals surface area contributed by atoms with Gasteiger partial charge in [0.05, 0.1) is 12.6 Å². The molecule has 0 saturated heterocycles. The predicted octanol–water partition coefficient (Wildman–Crippen LogP) is 4.64. The highest BCUT2D eigenvalue weighted by atomic mass is 19.4. The van der Waals surface area contributed by atoms with E-state index in [1.165, 1.54) is 12.1 Å². The maximum atomic E-state index is 12.4. The minimum atomic E-state index is -4.88. The Kier molecular flexibility index (Phi) is 6.58. The van der Waals surface area contributed by atoms with Gasteiger partial charge in [0.1, 0.15) is 5.75 Å². The predicted molar refractivity (Wildman–Crippen MR) is 77.4 cm³/mol. The lowest BCUT2D eigenvalue weighted by atomic mass is 9.99. The minimum Gasteiger partial charge on any atom is -0.465 e. The van der Waals surface area contributed by atoms with Gasteiger partial charge in [0, 0.05) is 5.54 Å². The Morgan fingerprint density at radius 2 is 1.68 bits per heavy atom. The second-order valence-electron chi connectivity index (χ2n) is 6.05. The second kappa shape index (κ2) is 7.85. The second-order valence-corrected chi connectivity index (χ2v) is 6.05. The monoisotopic (exact) mass is 371 g/mol. The number of carbonyl (C=O) groups is 1. The molecule has 5 nitrogen and oxygen atoms in total. The zero-order valence-electron chi connectivity index (χ0n) is 13.7. The van der Waals surface area contributed by atoms with Crippen LogP contribution in [0.4, 0.5) is 26.7 Å². The summed E-state index contributed by atoms with van der Waals surface area (Å²) in [5, 5.41) is 9.42. The van der Waals surface area contributed by atoms with Crippen LogP contribution >= 0.6 is 0 Å². The van der Waals surface area contributed by atoms with Gasteiger partial charge in [0.15, 0.2) is 0 Å². The maximum Gasteiger partial charge on any atom is 0.573 e. The number of amides is 1. The van der Waals surface area contributed by atoms with Crippen molar-refractivity contribution in [3.05, 3.63) is 29.8 Å². The molecule has 0 aliphatic carbocycles. The summed E-state index contributed by atoms with van der Waals surface area (Å²) in [5.41, 5.74) is -0.782. The molecule has 0 aliphatic heterocycles. The van der Waals surface area contributed by atoms with Gasteiger partial charge in [0.2, 0.25) is 0 Å². The Bertz CT molecular complexity index is 569. The van der Waals surface area contributed by atoms with Crippen LogP contribution in [-0.2, 0) is 4.74 Å². The molecule has 142 valence electrons. The summed E-state index contributed by atoms with van der Waals surface area (Å²) < 4.78 is 69.3. The van der Waals surface area contributed by atoms with Gasteiger partial charge in [-0.05, 0) is 38.5 Å². The number of ether oxygens (including phenoxy) is 2. The van der Waals surface area contributed by atoms with E-state index in [0.29, 0.717) is 0 Å². The number of hydrogen-bond acceptors (Lipinski definition) is 3. The summed E-state index contributed by atoms with van der Waals surface area (Å²) in [7, 11) is 0. The van der Waals surface area contributed by atoms with Crippen LogP contribution in [0.2, 0.25) is 0 Å². The van der Waals surface area contributed by atoms with Crippen molar-refractivity contribution in [1.82, 2.24) is 4.90 Å². The molecule has 1 N–H and O–H groups in total. The molecule has 25 heavy (non-hydrogen) atoms. The fraction of sp³-hybridized carbons (Fsp3) is 0.533. The molecule has 0 aliphatic rings. The normalized spacial score (nSPS) is 13.6. The molecule has 1 aromatic rings. The zero-order chi connectivity index (χ0) is 19.4. The van der Waals surface area contributed by atoms with Crippen LogP contribution in [0.1, 0.15) is 32.4 Å². The highest BCUT2D eigenvalue weighted by Crippen LogP contribution is 2.31. The van der Waals surface area contributed by atoms with Crippen molar-refractivity contribution in [2.45, 2.75) is 45.3 Å². The van der Waals surface area contributed by atoms with Crippen molar-refractivity contribution in [2.75, 3.05) is 6.61 Å². The third-order valence-electron chi connectivity index (χ3n) is 3.12. The summed E-state index contributed by atoms with van der Waals surface area (Å²) >= 11 is 0. The van der Waals surface area contributed by atoms with Crippen molar-refractivity contribution in [3.63, 3.8) is 0 Å². The summed E-state index contributed by atoms with van der Waals surface area (Å²) in [6.07, 6.45) is -6.26. The SMILES string of the molecule is CC(C)(C)N(C(=O)O)C(COC(F)F)c1ccc(OC(F)(F)F)cc1. The summed E-state index contributed by atoms with van der Waals surface area (Å²) in [6.45, 7) is 0.874. The lowest BCUT2D eigenvalue weighted by Gasteiger charge is -2.39. The van der Waals surface area contributed by atoms with E-state index in [-0.39, 0.29) is 5.56 Å². The van der Waals surface area contributed by atoms with Gasteiger partial charge in [-0.15, -0.1) is 13.2 Å². The number of nitrogens with zero attached hydrogens (tertiary/aromatic N) is 1. The van der Waals surface area contributed by atoms with Gasteiger partial charge >= 0.3 is 19.1 Å². The Morgan fingerprint density at radius 1 is 1.16 bits per heavy atom. The summed E-state index contributed by atoms with van der Waals surface area (Å²) in [5.74, 6) is -0.512. The third-order valence-corrected chi connectivity index (χ3v) is 3.12. The van der Waals surface area contributed by atoms with Crippen molar-refractivity contribution in [3.8, 4) is 5.75 Å². The molecular formula is C15H18F5NO4. The molecule has 0 bridgehead atoms. The van der Waals surface area contributed by atoms with E-state index in [1.54, 1.807) is 20.8 Å². The first-order valence-corrected chi connectivity index (χ1v) is 7.09. The average molecular weight is 371 g/mol. The Hall–Kier alpha value is -2.10. The van der Waals surface area contributed by atoms with Gasteiger partial charge in [-0.3, -0.25) is 4.90 Å². The van der Waals surface area contributed by atoms with Gasteiger partial charge < -0.3 is 14.6 Å². The number of carboxylic acid groups (broad SMARTS) is 1. The maximum absolute atomic E-state index is 12.4. The Morgan fingerprint density at radius 3 is 2.04 bits per heavy atom. The number of halogens is 5. The van der Waals surface area contributed by atoms with Crippen LogP contribution in [0.25, 0.3) is 0 Å². The van der Waals surface area contributed by atoms with Crippen molar-refractivity contribution >= 4 is 6.09 Å². The van der Waals surface area contributed by atoms with E-state index in [4.69, 9.17) is 0 Å². The first kappa shape index (κ1) is 20.9. The number of hydrogen-bond donors (Lipinski definition) is 1. The van der Waals surface area contributed by atoms with E-state index in [0.717, 1.165) is 17.0 Å². The number of benzene rings is 1. The van der Waals surface area contributed by atoms with E-state index < -0.39 is 43.0 Å². The molecule has 10 heteroatoms. The van der Waals surface area contributed by atoms with Crippen LogP contribution in [0.5, 0.6) is 5.75 Å². The average Bonchev–Trinajstić information content (AvgIpc) is 2.40. The van der Waals surface area contributed by atoms with Crippen LogP contribution in [0.3, 0.4) is 0 Å². The molecule has 0 aromatic heterocycles. The first-order valence-electron chi connectivity index (χ1n) is 7.09. The van der Waals surface area contributed by atoms with Crippen LogP contribution < -0.4 is 4.74 Å². The molecule has 0 heterocycles. The topological polar surface area (TPSA) is 59.0 Å². The standard InChI is InChI=1S/C15H18F5NO4/c1-14(2,3)21(13(22)23)11(8-24-12(16)17)9-4-6-10(7-5-9)25-15(18,19)20/h4-7,11-12H,8H2,1-3H3,(H,22,23). The van der Waals surface area contributed by atoms with Crippen LogP contribution in [-0.4, -0.2) is 41.2 Å². The Labute approximate surface area is 140 Å². The lowest BCUT2D eigenvalue weighted by Crippen LogP contribution is -2.48. The van der Waals surface area contributed by atoms with Crippen molar-refractivity contribution < 1.29 is 41.3 Å². The molecule has 1 rings (SSSR count). The molecule has 1 atom stereocenters. The van der Waals surface area contributed by atoms with Gasteiger partial charge in [-0.25, -0.2) is 4.79 Å². The summed E-state index contributed by atoms with van der Waals surface area (Å²) in [6, 6.07) is 3.14. The lowest BCUT2D eigenvalue weighted by molar-refractivity contribution is -0.274. The molecule has 0 saturated carbocycles. The molecule has 1 amide bonds. The quantitative estimate of drug-likeness (QED) is 0.740. The molecule has 0 spiro atoms. The molecule has 1 aromatic carbocycles. The summed E-state index contributed by atoms with van der Waals surface area (Å²) in [4.78, 5) is 12.5. The first-order chi connectivity index (χ1) is 11.3. The van der Waals surface area contributed by atoms with E-state index >= 15 is 0 Å². The highest BCUT2D eigenvalue weighted by Gasteiger charge is 2.35. The third kappa shape index (κ3) is 6.73. The van der Waals surface area contributed by atoms with Crippen molar-refractivity contribution in [2.24, 2.45) is 0 Å². The molecule has 1 unspecified atom stereocenters. The smallest absolute Gasteiger partial charge is 0.465 e. The zero-order valence-corrected chi connectivity index (χ0v) is 13.7.